The Kier molecular flexibility index (Phi) is 5.07. The predicted octanol–water partition coefficient (Wildman–Crippen LogP) is 6.51. The summed E-state index contributed by atoms with van der Waals surface area (Å²) in [4.78, 5) is 7.33. The average Bonchev–Trinajstić information content (AvgIpc) is 3.41. The van der Waals surface area contributed by atoms with E-state index < -0.39 is 0 Å². The molecular formula is C21H16N2S3. The van der Waals surface area contributed by atoms with E-state index in [1.165, 1.54) is 16.0 Å². The molecule has 1 aliphatic carbocycles. The van der Waals surface area contributed by atoms with Gasteiger partial charge in [0, 0.05) is 21.1 Å². The van der Waals surface area contributed by atoms with Gasteiger partial charge in [-0.3, -0.25) is 0 Å². The fraction of sp³-hybridized carbons (Fsp3) is 0.143. The summed E-state index contributed by atoms with van der Waals surface area (Å²) in [5.41, 5.74) is 5.33. The number of hydrogen-bond donors (Lipinski definition) is 0. The third kappa shape index (κ3) is 3.16. The van der Waals surface area contributed by atoms with E-state index >= 15 is 0 Å². The molecule has 3 aromatic heterocycles. The molecule has 26 heavy (non-hydrogen) atoms. The number of nitriles is 1. The summed E-state index contributed by atoms with van der Waals surface area (Å²) in [6.45, 7) is 3.80. The molecule has 0 atom stereocenters. The van der Waals surface area contributed by atoms with Crippen molar-refractivity contribution in [2.45, 2.75) is 17.9 Å². The number of allylic oxidation sites excluding steroid dienone is 1. The maximum absolute atomic E-state index is 9.86. The second-order valence-electron chi connectivity index (χ2n) is 5.87. The van der Waals surface area contributed by atoms with E-state index in [1.54, 1.807) is 34.4 Å². The van der Waals surface area contributed by atoms with Crippen LogP contribution >= 0.6 is 34.4 Å². The van der Waals surface area contributed by atoms with Gasteiger partial charge in [-0.05, 0) is 52.9 Å². The molecule has 3 heterocycles. The summed E-state index contributed by atoms with van der Waals surface area (Å²) >= 11 is 5.01. The number of aromatic nitrogens is 1. The maximum atomic E-state index is 9.86. The van der Waals surface area contributed by atoms with Gasteiger partial charge in [-0.15, -0.1) is 41.0 Å². The van der Waals surface area contributed by atoms with Gasteiger partial charge in [0.2, 0.25) is 0 Å². The normalized spacial score (nSPS) is 14.3. The zero-order chi connectivity index (χ0) is 17.9. The molecule has 0 fully saturated rings. The number of pyridine rings is 1. The first-order valence-corrected chi connectivity index (χ1v) is 11.0. The van der Waals surface area contributed by atoms with Gasteiger partial charge in [0.1, 0.15) is 11.1 Å². The lowest BCUT2D eigenvalue weighted by molar-refractivity contribution is 1.05. The highest BCUT2D eigenvalue weighted by Crippen LogP contribution is 2.44. The molecule has 3 aromatic rings. The minimum absolute atomic E-state index is 0.704. The molecule has 0 N–H and O–H groups in total. The molecule has 2 nitrogen and oxygen atoms in total. The summed E-state index contributed by atoms with van der Waals surface area (Å²) in [6.07, 6.45) is 6.01. The van der Waals surface area contributed by atoms with Crippen LogP contribution in [0.3, 0.4) is 0 Å². The van der Waals surface area contributed by atoms with Crippen LogP contribution in [0.1, 0.15) is 28.1 Å². The molecule has 0 amide bonds. The minimum Gasteiger partial charge on any atom is -0.240 e. The molecule has 1 aliphatic rings. The number of thiophene rings is 2. The van der Waals surface area contributed by atoms with Crippen LogP contribution in [0, 0.1) is 11.3 Å². The van der Waals surface area contributed by atoms with E-state index in [0.717, 1.165) is 39.8 Å². The van der Waals surface area contributed by atoms with Crippen molar-refractivity contribution < 1.29 is 0 Å². The van der Waals surface area contributed by atoms with Gasteiger partial charge < -0.3 is 0 Å². The number of thioether (sulfide) groups is 1. The molecule has 0 saturated heterocycles. The van der Waals surface area contributed by atoms with Crippen molar-refractivity contribution in [3.8, 4) is 16.5 Å². The van der Waals surface area contributed by atoms with Gasteiger partial charge in [0.25, 0.3) is 0 Å². The highest BCUT2D eigenvalue weighted by molar-refractivity contribution is 7.99. The standard InChI is InChI=1S/C21H16N2S3/c1-2-9-26-21-17(13-22)19(18-6-4-11-25-18)16-8-7-14(20(16)23-21)12-15-5-3-10-24-15/h2-6,10-12H,1,7-9H2/b14-12+. The Hall–Kier alpha value is -2.13. The highest BCUT2D eigenvalue weighted by Gasteiger charge is 2.27. The van der Waals surface area contributed by atoms with E-state index in [1.807, 2.05) is 12.1 Å². The second kappa shape index (κ2) is 7.63. The molecule has 0 spiro atoms. The van der Waals surface area contributed by atoms with Gasteiger partial charge in [-0.2, -0.15) is 5.26 Å². The van der Waals surface area contributed by atoms with Gasteiger partial charge in [-0.1, -0.05) is 18.2 Å². The lowest BCUT2D eigenvalue weighted by atomic mass is 10.0. The molecule has 128 valence electrons. The summed E-state index contributed by atoms with van der Waals surface area (Å²) in [5.74, 6) is 0.744. The number of hydrogen-bond acceptors (Lipinski definition) is 5. The van der Waals surface area contributed by atoms with Crippen LogP contribution in [-0.2, 0) is 6.42 Å². The van der Waals surface area contributed by atoms with Crippen LogP contribution in [0.25, 0.3) is 22.1 Å². The highest BCUT2D eigenvalue weighted by atomic mass is 32.2. The monoisotopic (exact) mass is 392 g/mol. The quantitative estimate of drug-likeness (QED) is 0.367. The lowest BCUT2D eigenvalue weighted by Crippen LogP contribution is -1.99. The van der Waals surface area contributed by atoms with Crippen LogP contribution in [0.15, 0.2) is 52.7 Å². The zero-order valence-electron chi connectivity index (χ0n) is 14.1. The first-order chi connectivity index (χ1) is 12.8. The first-order valence-electron chi connectivity index (χ1n) is 8.30. The Bertz CT molecular complexity index is 1010. The van der Waals surface area contributed by atoms with E-state index in [4.69, 9.17) is 4.98 Å². The van der Waals surface area contributed by atoms with E-state index in [2.05, 4.69) is 47.7 Å². The summed E-state index contributed by atoms with van der Waals surface area (Å²) in [7, 11) is 0. The van der Waals surface area contributed by atoms with Crippen molar-refractivity contribution in [2.24, 2.45) is 0 Å². The van der Waals surface area contributed by atoms with Crippen molar-refractivity contribution in [3.63, 3.8) is 0 Å². The fourth-order valence-corrected chi connectivity index (χ4v) is 5.42. The van der Waals surface area contributed by atoms with Gasteiger partial charge in [0.15, 0.2) is 0 Å². The smallest absolute Gasteiger partial charge is 0.115 e. The number of rotatable bonds is 5. The van der Waals surface area contributed by atoms with Crippen molar-refractivity contribution >= 4 is 46.1 Å². The van der Waals surface area contributed by atoms with E-state index in [-0.39, 0.29) is 0 Å². The van der Waals surface area contributed by atoms with Crippen LogP contribution in [-0.4, -0.2) is 10.7 Å². The molecule has 0 aromatic carbocycles. The Morgan fingerprint density at radius 1 is 1.23 bits per heavy atom. The summed E-state index contributed by atoms with van der Waals surface area (Å²) in [6, 6.07) is 10.8. The average molecular weight is 393 g/mol. The Labute approximate surface area is 165 Å². The molecule has 5 heteroatoms. The third-order valence-corrected chi connectivity index (χ3v) is 6.97. The number of nitrogens with zero attached hydrogens (tertiary/aromatic N) is 2. The van der Waals surface area contributed by atoms with Crippen LogP contribution in [0.5, 0.6) is 0 Å². The SMILES string of the molecule is C=CCSc1nc2c(c(-c3cccs3)c1C#N)CC/C2=C\c1cccs1. The number of fused-ring (bicyclic) bond motifs is 1. The second-order valence-corrected chi connectivity index (χ2v) is 8.80. The largest absolute Gasteiger partial charge is 0.240 e. The summed E-state index contributed by atoms with van der Waals surface area (Å²) in [5, 5.41) is 14.8. The molecule has 4 rings (SSSR count). The Morgan fingerprint density at radius 2 is 2.08 bits per heavy atom. The Morgan fingerprint density at radius 3 is 2.77 bits per heavy atom. The molecule has 0 radical (unpaired) electrons. The van der Waals surface area contributed by atoms with Crippen molar-refractivity contribution in [2.75, 3.05) is 5.75 Å². The lowest BCUT2D eigenvalue weighted by Gasteiger charge is -2.13. The van der Waals surface area contributed by atoms with E-state index in [0.29, 0.717) is 5.56 Å². The Balaban J connectivity index is 1.93. The van der Waals surface area contributed by atoms with Gasteiger partial charge >= 0.3 is 0 Å². The fourth-order valence-electron chi connectivity index (χ4n) is 3.21. The van der Waals surface area contributed by atoms with E-state index in [9.17, 15) is 5.26 Å². The van der Waals surface area contributed by atoms with Gasteiger partial charge in [-0.25, -0.2) is 4.98 Å². The van der Waals surface area contributed by atoms with Crippen LogP contribution < -0.4 is 0 Å². The molecular weight excluding hydrogens is 376 g/mol. The van der Waals surface area contributed by atoms with Crippen molar-refractivity contribution in [3.05, 3.63) is 69.4 Å². The molecule has 0 unspecified atom stereocenters. The molecule has 0 aliphatic heterocycles. The molecule has 0 saturated carbocycles. The first kappa shape index (κ1) is 17.3. The third-order valence-electron chi connectivity index (χ3n) is 4.29. The van der Waals surface area contributed by atoms with Crippen molar-refractivity contribution in [1.29, 1.82) is 5.26 Å². The summed E-state index contributed by atoms with van der Waals surface area (Å²) < 4.78 is 0. The van der Waals surface area contributed by atoms with Crippen LogP contribution in [0.4, 0.5) is 0 Å². The van der Waals surface area contributed by atoms with Gasteiger partial charge in [0.05, 0.1) is 11.3 Å². The van der Waals surface area contributed by atoms with Crippen LogP contribution in [0.2, 0.25) is 0 Å². The molecule has 0 bridgehead atoms. The van der Waals surface area contributed by atoms with Crippen molar-refractivity contribution in [1.82, 2.24) is 4.98 Å². The predicted molar refractivity (Wildman–Crippen MR) is 114 cm³/mol. The zero-order valence-corrected chi connectivity index (χ0v) is 16.5. The minimum atomic E-state index is 0.704. The topological polar surface area (TPSA) is 36.7 Å². The maximum Gasteiger partial charge on any atom is 0.115 e.